The third kappa shape index (κ3) is 6.32. The lowest BCUT2D eigenvalue weighted by Crippen LogP contribution is -2.30. The zero-order valence-corrected chi connectivity index (χ0v) is 13.2. The molecule has 122 valence electrons. The number of urea groups is 1. The highest BCUT2D eigenvalue weighted by molar-refractivity contribution is 5.96. The maximum atomic E-state index is 12.0. The number of unbranched alkanes of at least 4 members (excludes halogenated alkanes) is 1. The number of amides is 3. The Hall–Kier alpha value is -1.79. The minimum atomic E-state index is -0.224. The highest BCUT2D eigenvalue weighted by Gasteiger charge is 2.23. The second-order valence-corrected chi connectivity index (χ2v) is 5.21. The van der Waals surface area contributed by atoms with Crippen LogP contribution in [0.15, 0.2) is 24.3 Å². The normalized spacial score (nSPS) is 13.0. The van der Waals surface area contributed by atoms with Gasteiger partial charge in [0.05, 0.1) is 0 Å². The van der Waals surface area contributed by atoms with Gasteiger partial charge in [0.2, 0.25) is 0 Å². The van der Waals surface area contributed by atoms with Crippen molar-refractivity contribution in [2.75, 3.05) is 18.4 Å². The lowest BCUT2D eigenvalue weighted by atomic mass is 10.2. The van der Waals surface area contributed by atoms with Gasteiger partial charge in [0.15, 0.2) is 0 Å². The molecule has 0 unspecified atom stereocenters. The van der Waals surface area contributed by atoms with Crippen LogP contribution >= 0.6 is 12.4 Å². The number of rotatable bonds is 7. The van der Waals surface area contributed by atoms with Crippen molar-refractivity contribution >= 4 is 30.0 Å². The van der Waals surface area contributed by atoms with E-state index in [1.54, 1.807) is 24.3 Å². The maximum Gasteiger partial charge on any atom is 0.319 e. The molecule has 1 fully saturated rings. The molecule has 0 saturated heterocycles. The zero-order valence-electron chi connectivity index (χ0n) is 12.4. The fourth-order valence-corrected chi connectivity index (χ4v) is 1.89. The van der Waals surface area contributed by atoms with Gasteiger partial charge in [-0.15, -0.1) is 12.4 Å². The molecule has 1 aliphatic rings. The van der Waals surface area contributed by atoms with Crippen LogP contribution in [0.1, 0.15) is 36.0 Å². The Morgan fingerprint density at radius 2 is 2.00 bits per heavy atom. The number of hydrogen-bond donors (Lipinski definition) is 4. The Bertz CT molecular complexity index is 506. The molecule has 0 spiro atoms. The van der Waals surface area contributed by atoms with E-state index in [9.17, 15) is 9.59 Å². The molecule has 5 N–H and O–H groups in total. The summed E-state index contributed by atoms with van der Waals surface area (Å²) in [6.45, 7) is 1.24. The number of benzene rings is 1. The quantitative estimate of drug-likeness (QED) is 0.576. The minimum absolute atomic E-state index is 0. The molecule has 0 aliphatic heterocycles. The largest absolute Gasteiger partial charge is 0.352 e. The Morgan fingerprint density at radius 1 is 1.23 bits per heavy atom. The number of hydrogen-bond acceptors (Lipinski definition) is 3. The van der Waals surface area contributed by atoms with Crippen LogP contribution in [0.5, 0.6) is 0 Å². The average molecular weight is 327 g/mol. The summed E-state index contributed by atoms with van der Waals surface area (Å²) in [4.78, 5) is 23.6. The van der Waals surface area contributed by atoms with Crippen LogP contribution < -0.4 is 21.7 Å². The van der Waals surface area contributed by atoms with E-state index in [1.165, 1.54) is 0 Å². The van der Waals surface area contributed by atoms with Crippen LogP contribution in [0.25, 0.3) is 0 Å². The van der Waals surface area contributed by atoms with E-state index in [4.69, 9.17) is 5.73 Å². The summed E-state index contributed by atoms with van der Waals surface area (Å²) >= 11 is 0. The second kappa shape index (κ2) is 9.27. The van der Waals surface area contributed by atoms with Crippen molar-refractivity contribution in [3.05, 3.63) is 29.8 Å². The van der Waals surface area contributed by atoms with Crippen LogP contribution in [0.3, 0.4) is 0 Å². The fraction of sp³-hybridized carbons (Fsp3) is 0.467. The van der Waals surface area contributed by atoms with Gasteiger partial charge in [-0.05, 0) is 50.4 Å². The first-order valence-corrected chi connectivity index (χ1v) is 7.35. The van der Waals surface area contributed by atoms with E-state index in [2.05, 4.69) is 16.0 Å². The third-order valence-electron chi connectivity index (χ3n) is 3.21. The topological polar surface area (TPSA) is 96.2 Å². The number of carbonyl (C=O) groups excluding carboxylic acids is 2. The molecular weight excluding hydrogens is 304 g/mol. The summed E-state index contributed by atoms with van der Waals surface area (Å²) < 4.78 is 0. The van der Waals surface area contributed by atoms with Crippen molar-refractivity contribution in [3.8, 4) is 0 Å². The molecule has 22 heavy (non-hydrogen) atoms. The molecule has 0 atom stereocenters. The van der Waals surface area contributed by atoms with E-state index in [0.717, 1.165) is 25.7 Å². The van der Waals surface area contributed by atoms with Gasteiger partial charge in [-0.25, -0.2) is 4.79 Å². The third-order valence-corrected chi connectivity index (χ3v) is 3.21. The first-order valence-electron chi connectivity index (χ1n) is 7.35. The van der Waals surface area contributed by atoms with Crippen LogP contribution in [0.4, 0.5) is 10.5 Å². The summed E-state index contributed by atoms with van der Waals surface area (Å²) in [6, 6.07) is 6.99. The molecule has 0 radical (unpaired) electrons. The standard InChI is InChI=1S/C15H22N4O2.ClH/c16-8-1-2-9-17-14(20)11-4-3-5-13(10-11)19-15(21)18-12-6-7-12;/h3-5,10,12H,1-2,6-9,16H2,(H,17,20)(H2,18,19,21);1H. The zero-order chi connectivity index (χ0) is 15.1. The van der Waals surface area contributed by atoms with Crippen molar-refractivity contribution in [1.29, 1.82) is 0 Å². The first kappa shape index (κ1) is 18.3. The Morgan fingerprint density at radius 3 is 2.68 bits per heavy atom. The fourth-order valence-electron chi connectivity index (χ4n) is 1.89. The highest BCUT2D eigenvalue weighted by Crippen LogP contribution is 2.19. The summed E-state index contributed by atoms with van der Waals surface area (Å²) in [7, 11) is 0. The van der Waals surface area contributed by atoms with E-state index in [-0.39, 0.29) is 24.3 Å². The van der Waals surface area contributed by atoms with Crippen LogP contribution in [-0.2, 0) is 0 Å². The van der Waals surface area contributed by atoms with Crippen LogP contribution in [0.2, 0.25) is 0 Å². The van der Waals surface area contributed by atoms with Gasteiger partial charge in [0.1, 0.15) is 0 Å². The summed E-state index contributed by atoms with van der Waals surface area (Å²) in [5.74, 6) is -0.140. The minimum Gasteiger partial charge on any atom is -0.352 e. The monoisotopic (exact) mass is 326 g/mol. The molecule has 1 aromatic carbocycles. The van der Waals surface area contributed by atoms with Gasteiger partial charge >= 0.3 is 6.03 Å². The van der Waals surface area contributed by atoms with Gasteiger partial charge in [0.25, 0.3) is 5.91 Å². The Kier molecular flexibility index (Phi) is 7.70. The molecule has 1 aromatic rings. The maximum absolute atomic E-state index is 12.0. The number of nitrogens with two attached hydrogens (primary N) is 1. The summed E-state index contributed by atoms with van der Waals surface area (Å²) in [6.07, 6.45) is 3.84. The van der Waals surface area contributed by atoms with Crippen molar-refractivity contribution in [3.63, 3.8) is 0 Å². The van der Waals surface area contributed by atoms with Gasteiger partial charge in [0, 0.05) is 23.8 Å². The van der Waals surface area contributed by atoms with E-state index in [1.807, 2.05) is 0 Å². The van der Waals surface area contributed by atoms with Gasteiger partial charge in [-0.2, -0.15) is 0 Å². The molecule has 0 bridgehead atoms. The smallest absolute Gasteiger partial charge is 0.319 e. The predicted octanol–water partition coefficient (Wildman–Crippen LogP) is 1.86. The molecule has 0 aromatic heterocycles. The van der Waals surface area contributed by atoms with Crippen molar-refractivity contribution in [1.82, 2.24) is 10.6 Å². The molecule has 0 heterocycles. The van der Waals surface area contributed by atoms with E-state index in [0.29, 0.717) is 30.4 Å². The molecule has 7 heteroatoms. The number of nitrogens with one attached hydrogen (secondary N) is 3. The van der Waals surface area contributed by atoms with E-state index >= 15 is 0 Å². The van der Waals surface area contributed by atoms with Gasteiger partial charge in [-0.1, -0.05) is 6.07 Å². The first-order chi connectivity index (χ1) is 10.2. The number of halogens is 1. The van der Waals surface area contributed by atoms with Crippen molar-refractivity contribution in [2.45, 2.75) is 31.7 Å². The Labute approximate surface area is 136 Å². The lowest BCUT2D eigenvalue weighted by Gasteiger charge is -2.09. The summed E-state index contributed by atoms with van der Waals surface area (Å²) in [5.41, 5.74) is 6.55. The molecule has 2 rings (SSSR count). The predicted molar refractivity (Wildman–Crippen MR) is 89.5 cm³/mol. The summed E-state index contributed by atoms with van der Waals surface area (Å²) in [5, 5.41) is 8.41. The van der Waals surface area contributed by atoms with Gasteiger partial charge in [-0.3, -0.25) is 4.79 Å². The molecule has 6 nitrogen and oxygen atoms in total. The number of anilines is 1. The average Bonchev–Trinajstić information content (AvgIpc) is 3.27. The highest BCUT2D eigenvalue weighted by atomic mass is 35.5. The van der Waals surface area contributed by atoms with Crippen molar-refractivity contribution < 1.29 is 9.59 Å². The molecule has 1 aliphatic carbocycles. The lowest BCUT2D eigenvalue weighted by molar-refractivity contribution is 0.0953. The van der Waals surface area contributed by atoms with Crippen LogP contribution in [-0.4, -0.2) is 31.1 Å². The Balaban J connectivity index is 0.00000242. The molecule has 3 amide bonds. The van der Waals surface area contributed by atoms with E-state index < -0.39 is 0 Å². The molecule has 1 saturated carbocycles. The molecular formula is C15H23ClN4O2. The van der Waals surface area contributed by atoms with Gasteiger partial charge < -0.3 is 21.7 Å². The number of carbonyl (C=O) groups is 2. The van der Waals surface area contributed by atoms with Crippen molar-refractivity contribution in [2.24, 2.45) is 5.73 Å². The van der Waals surface area contributed by atoms with Crippen LogP contribution in [0, 0.1) is 0 Å². The SMILES string of the molecule is Cl.NCCCCNC(=O)c1cccc(NC(=O)NC2CC2)c1. The second-order valence-electron chi connectivity index (χ2n) is 5.21.